The Hall–Kier alpha value is -2.68. The van der Waals surface area contributed by atoms with Crippen molar-refractivity contribution in [1.82, 2.24) is 4.98 Å². The first-order valence-electron chi connectivity index (χ1n) is 7.90. The second-order valence-electron chi connectivity index (χ2n) is 5.47. The lowest BCUT2D eigenvalue weighted by molar-refractivity contribution is 0.103. The van der Waals surface area contributed by atoms with Gasteiger partial charge in [-0.1, -0.05) is 31.5 Å². The quantitative estimate of drug-likeness (QED) is 0.492. The van der Waals surface area contributed by atoms with E-state index in [1.807, 2.05) is 42.5 Å². The number of carbonyl (C=O) groups excluding carboxylic acids is 1. The molecule has 0 bridgehead atoms. The molecule has 0 amide bonds. The first-order valence-corrected chi connectivity index (χ1v) is 7.90. The van der Waals surface area contributed by atoms with E-state index in [0.29, 0.717) is 17.7 Å². The molecule has 0 aliphatic carbocycles. The van der Waals surface area contributed by atoms with E-state index in [2.05, 4.69) is 11.9 Å². The number of hydrogen-bond donors (Lipinski definition) is 0. The first kappa shape index (κ1) is 15.2. The Morgan fingerprint density at radius 1 is 1.04 bits per heavy atom. The summed E-state index contributed by atoms with van der Waals surface area (Å²) in [5.41, 5.74) is 2.14. The summed E-state index contributed by atoms with van der Waals surface area (Å²) in [6.07, 6.45) is 3.77. The molecule has 2 aromatic carbocycles. The molecule has 0 N–H and O–H groups in total. The number of ketones is 1. The average molecular weight is 305 g/mol. The monoisotopic (exact) mass is 305 g/mol. The van der Waals surface area contributed by atoms with Gasteiger partial charge in [0.2, 0.25) is 0 Å². The molecule has 3 rings (SSSR count). The molecular formula is C20H19NO2. The van der Waals surface area contributed by atoms with Crippen molar-refractivity contribution in [3.8, 4) is 5.75 Å². The van der Waals surface area contributed by atoms with Crippen molar-refractivity contribution in [2.75, 3.05) is 6.61 Å². The third kappa shape index (κ3) is 3.57. The molecule has 0 saturated heterocycles. The molecule has 3 heteroatoms. The molecule has 1 heterocycles. The van der Waals surface area contributed by atoms with Gasteiger partial charge in [0.25, 0.3) is 0 Å². The van der Waals surface area contributed by atoms with E-state index in [9.17, 15) is 4.79 Å². The van der Waals surface area contributed by atoms with E-state index in [0.717, 1.165) is 29.5 Å². The topological polar surface area (TPSA) is 39.2 Å². The molecule has 0 fully saturated rings. The van der Waals surface area contributed by atoms with E-state index in [1.165, 1.54) is 0 Å². The van der Waals surface area contributed by atoms with Gasteiger partial charge in [0, 0.05) is 22.7 Å². The maximum Gasteiger partial charge on any atom is 0.194 e. The maximum absolute atomic E-state index is 12.6. The fourth-order valence-corrected chi connectivity index (χ4v) is 2.40. The predicted molar refractivity (Wildman–Crippen MR) is 92.0 cm³/mol. The van der Waals surface area contributed by atoms with Gasteiger partial charge in [0.15, 0.2) is 5.78 Å². The van der Waals surface area contributed by atoms with E-state index >= 15 is 0 Å². The van der Waals surface area contributed by atoms with Gasteiger partial charge in [0.05, 0.1) is 12.1 Å². The number of pyridine rings is 1. The minimum absolute atomic E-state index is 0.0247. The van der Waals surface area contributed by atoms with E-state index < -0.39 is 0 Å². The van der Waals surface area contributed by atoms with Crippen LogP contribution in [-0.2, 0) is 0 Å². The SMILES string of the molecule is CCCCOc1ccc(C(=O)c2cnc3ccccc3c2)cc1. The maximum atomic E-state index is 12.6. The summed E-state index contributed by atoms with van der Waals surface area (Å²) in [5, 5.41) is 0.970. The smallest absolute Gasteiger partial charge is 0.194 e. The number of aromatic nitrogens is 1. The van der Waals surface area contributed by atoms with Crippen LogP contribution >= 0.6 is 0 Å². The van der Waals surface area contributed by atoms with Crippen molar-refractivity contribution in [2.24, 2.45) is 0 Å². The minimum Gasteiger partial charge on any atom is -0.494 e. The average Bonchev–Trinajstić information content (AvgIpc) is 2.61. The van der Waals surface area contributed by atoms with Gasteiger partial charge in [-0.05, 0) is 42.8 Å². The van der Waals surface area contributed by atoms with Gasteiger partial charge < -0.3 is 4.74 Å². The van der Waals surface area contributed by atoms with Crippen LogP contribution in [0.3, 0.4) is 0 Å². The standard InChI is InChI=1S/C20H19NO2/c1-2-3-12-23-18-10-8-15(9-11-18)20(22)17-13-16-6-4-5-7-19(16)21-14-17/h4-11,13-14H,2-3,12H2,1H3. The van der Waals surface area contributed by atoms with Crippen molar-refractivity contribution in [1.29, 1.82) is 0 Å². The van der Waals surface area contributed by atoms with Crippen LogP contribution in [0.4, 0.5) is 0 Å². The first-order chi connectivity index (χ1) is 11.3. The third-order valence-corrected chi connectivity index (χ3v) is 3.74. The second kappa shape index (κ2) is 7.05. The van der Waals surface area contributed by atoms with Crippen LogP contribution in [0.2, 0.25) is 0 Å². The zero-order valence-corrected chi connectivity index (χ0v) is 13.2. The third-order valence-electron chi connectivity index (χ3n) is 3.74. The van der Waals surface area contributed by atoms with Crippen LogP contribution < -0.4 is 4.74 Å². The Morgan fingerprint density at radius 2 is 1.83 bits per heavy atom. The van der Waals surface area contributed by atoms with Crippen LogP contribution in [-0.4, -0.2) is 17.4 Å². The predicted octanol–water partition coefficient (Wildman–Crippen LogP) is 4.64. The fraction of sp³-hybridized carbons (Fsp3) is 0.200. The Labute approximate surface area is 135 Å². The van der Waals surface area contributed by atoms with Crippen molar-refractivity contribution < 1.29 is 9.53 Å². The van der Waals surface area contributed by atoms with Crippen molar-refractivity contribution >= 4 is 16.7 Å². The molecule has 1 aromatic heterocycles. The highest BCUT2D eigenvalue weighted by molar-refractivity contribution is 6.10. The van der Waals surface area contributed by atoms with Crippen LogP contribution in [0.1, 0.15) is 35.7 Å². The summed E-state index contributed by atoms with van der Waals surface area (Å²) in [4.78, 5) is 16.9. The molecule has 3 aromatic rings. The summed E-state index contributed by atoms with van der Waals surface area (Å²) < 4.78 is 5.62. The Bertz CT molecular complexity index is 809. The van der Waals surface area contributed by atoms with Crippen LogP contribution in [0.25, 0.3) is 10.9 Å². The zero-order chi connectivity index (χ0) is 16.1. The lowest BCUT2D eigenvalue weighted by atomic mass is 10.0. The Morgan fingerprint density at radius 3 is 2.61 bits per heavy atom. The van der Waals surface area contributed by atoms with Gasteiger partial charge in [-0.3, -0.25) is 9.78 Å². The summed E-state index contributed by atoms with van der Waals surface area (Å²) in [5.74, 6) is 0.773. The van der Waals surface area contributed by atoms with Gasteiger partial charge in [-0.2, -0.15) is 0 Å². The number of hydrogen-bond acceptors (Lipinski definition) is 3. The number of unbranched alkanes of at least 4 members (excludes halogenated alkanes) is 1. The largest absolute Gasteiger partial charge is 0.494 e. The van der Waals surface area contributed by atoms with Crippen molar-refractivity contribution in [3.05, 3.63) is 71.9 Å². The number of nitrogens with zero attached hydrogens (tertiary/aromatic N) is 1. The van der Waals surface area contributed by atoms with E-state index in [-0.39, 0.29) is 5.78 Å². The lowest BCUT2D eigenvalue weighted by Gasteiger charge is -2.07. The molecule has 0 radical (unpaired) electrons. The Kier molecular flexibility index (Phi) is 4.67. The number of para-hydroxylation sites is 1. The van der Waals surface area contributed by atoms with Gasteiger partial charge in [-0.25, -0.2) is 0 Å². The van der Waals surface area contributed by atoms with Gasteiger partial charge in [0.1, 0.15) is 5.75 Å². The molecular weight excluding hydrogens is 286 g/mol. The van der Waals surface area contributed by atoms with Crippen molar-refractivity contribution in [2.45, 2.75) is 19.8 Å². The highest BCUT2D eigenvalue weighted by Gasteiger charge is 2.10. The number of carbonyl (C=O) groups is 1. The number of ether oxygens (including phenoxy) is 1. The molecule has 116 valence electrons. The lowest BCUT2D eigenvalue weighted by Crippen LogP contribution is -2.02. The molecule has 0 spiro atoms. The van der Waals surface area contributed by atoms with Crippen LogP contribution in [0.15, 0.2) is 60.8 Å². The molecule has 3 nitrogen and oxygen atoms in total. The van der Waals surface area contributed by atoms with E-state index in [4.69, 9.17) is 4.74 Å². The van der Waals surface area contributed by atoms with E-state index in [1.54, 1.807) is 18.3 Å². The zero-order valence-electron chi connectivity index (χ0n) is 13.2. The molecule has 0 aliphatic heterocycles. The number of benzene rings is 2. The summed E-state index contributed by atoms with van der Waals surface area (Å²) >= 11 is 0. The minimum atomic E-state index is -0.0247. The molecule has 23 heavy (non-hydrogen) atoms. The molecule has 0 unspecified atom stereocenters. The summed E-state index contributed by atoms with van der Waals surface area (Å²) in [7, 11) is 0. The van der Waals surface area contributed by atoms with Crippen molar-refractivity contribution in [3.63, 3.8) is 0 Å². The highest BCUT2D eigenvalue weighted by Crippen LogP contribution is 2.18. The summed E-state index contributed by atoms with van der Waals surface area (Å²) in [6.45, 7) is 2.83. The normalized spacial score (nSPS) is 10.7. The molecule has 0 saturated carbocycles. The molecule has 0 aliphatic rings. The second-order valence-corrected chi connectivity index (χ2v) is 5.47. The van der Waals surface area contributed by atoms with Gasteiger partial charge >= 0.3 is 0 Å². The van der Waals surface area contributed by atoms with Gasteiger partial charge in [-0.15, -0.1) is 0 Å². The number of fused-ring (bicyclic) bond motifs is 1. The number of rotatable bonds is 6. The van der Waals surface area contributed by atoms with Crippen LogP contribution in [0.5, 0.6) is 5.75 Å². The fourth-order valence-electron chi connectivity index (χ4n) is 2.40. The highest BCUT2D eigenvalue weighted by atomic mass is 16.5. The summed E-state index contributed by atoms with van der Waals surface area (Å²) in [6, 6.07) is 17.0. The molecule has 0 atom stereocenters. The Balaban J connectivity index is 1.78. The van der Waals surface area contributed by atoms with Crippen LogP contribution in [0, 0.1) is 0 Å².